The number of nitrogens with one attached hydrogen (secondary N) is 1. The van der Waals surface area contributed by atoms with E-state index in [9.17, 15) is 4.79 Å². The molecule has 0 bridgehead atoms. The van der Waals surface area contributed by atoms with Crippen molar-refractivity contribution in [3.05, 3.63) is 24.3 Å². The minimum atomic E-state index is 0.112. The van der Waals surface area contributed by atoms with Crippen LogP contribution in [0.3, 0.4) is 0 Å². The topological polar surface area (TPSA) is 54.9 Å². The molecule has 4 heteroatoms. The van der Waals surface area contributed by atoms with Crippen LogP contribution in [0.2, 0.25) is 0 Å². The molecule has 0 fully saturated rings. The van der Waals surface area contributed by atoms with Crippen molar-refractivity contribution in [2.24, 2.45) is 0 Å². The Kier molecular flexibility index (Phi) is 4.90. The minimum absolute atomic E-state index is 0.112. The molecule has 0 saturated heterocycles. The lowest BCUT2D eigenvalue weighted by atomic mass is 10.1. The Labute approximate surface area is 90.1 Å². The summed E-state index contributed by atoms with van der Waals surface area (Å²) in [5.74, 6) is 0.112. The number of carbonyl (C=O) groups is 1. The molecule has 1 heterocycles. The van der Waals surface area contributed by atoms with Crippen LogP contribution in [-0.2, 0) is 0 Å². The van der Waals surface area contributed by atoms with E-state index in [1.165, 1.54) is 6.33 Å². The maximum Gasteiger partial charge on any atom is 0.166 e. The molecule has 0 unspecified atom stereocenters. The van der Waals surface area contributed by atoms with Gasteiger partial charge in [-0.2, -0.15) is 0 Å². The Morgan fingerprint density at radius 2 is 2.07 bits per heavy atom. The number of ketones is 1. The molecule has 0 amide bonds. The zero-order valence-electron chi connectivity index (χ0n) is 9.23. The molecule has 0 aromatic carbocycles. The summed E-state index contributed by atoms with van der Waals surface area (Å²) < 4.78 is 0. The molecule has 1 aromatic rings. The number of aromatic nitrogens is 2. The van der Waals surface area contributed by atoms with Gasteiger partial charge < -0.3 is 5.32 Å². The van der Waals surface area contributed by atoms with Crippen molar-refractivity contribution in [1.82, 2.24) is 15.3 Å². The summed E-state index contributed by atoms with van der Waals surface area (Å²) in [6.07, 6.45) is 5.95. The van der Waals surface area contributed by atoms with Gasteiger partial charge in [-0.25, -0.2) is 9.97 Å². The van der Waals surface area contributed by atoms with Crippen molar-refractivity contribution < 1.29 is 4.79 Å². The van der Waals surface area contributed by atoms with Crippen LogP contribution < -0.4 is 5.32 Å². The van der Waals surface area contributed by atoms with Gasteiger partial charge in [0, 0.05) is 24.9 Å². The van der Waals surface area contributed by atoms with Crippen molar-refractivity contribution in [2.45, 2.75) is 32.7 Å². The molecule has 0 atom stereocenters. The third-order valence-electron chi connectivity index (χ3n) is 2.02. The van der Waals surface area contributed by atoms with E-state index in [0.29, 0.717) is 18.0 Å². The van der Waals surface area contributed by atoms with Crippen LogP contribution in [0.1, 0.15) is 37.0 Å². The molecular formula is C11H17N3O. The molecule has 0 aliphatic rings. The van der Waals surface area contributed by atoms with E-state index < -0.39 is 0 Å². The van der Waals surface area contributed by atoms with Gasteiger partial charge in [0.05, 0.1) is 5.56 Å². The van der Waals surface area contributed by atoms with E-state index in [1.807, 2.05) is 0 Å². The van der Waals surface area contributed by atoms with Gasteiger partial charge in [0.1, 0.15) is 6.33 Å². The first-order valence-corrected chi connectivity index (χ1v) is 5.21. The second kappa shape index (κ2) is 6.24. The fourth-order valence-electron chi connectivity index (χ4n) is 1.23. The second-order valence-corrected chi connectivity index (χ2v) is 3.76. The number of Topliss-reactive ketones (excluding diaryl/α,β-unsaturated/α-hetero) is 1. The van der Waals surface area contributed by atoms with E-state index in [-0.39, 0.29) is 5.78 Å². The molecule has 0 aliphatic heterocycles. The van der Waals surface area contributed by atoms with E-state index in [2.05, 4.69) is 29.1 Å². The number of hydrogen-bond acceptors (Lipinski definition) is 4. The van der Waals surface area contributed by atoms with Crippen molar-refractivity contribution in [3.63, 3.8) is 0 Å². The molecule has 1 N–H and O–H groups in total. The maximum absolute atomic E-state index is 11.6. The van der Waals surface area contributed by atoms with Crippen LogP contribution in [0.15, 0.2) is 18.7 Å². The first kappa shape index (κ1) is 11.8. The van der Waals surface area contributed by atoms with Gasteiger partial charge in [0.15, 0.2) is 5.78 Å². The second-order valence-electron chi connectivity index (χ2n) is 3.76. The summed E-state index contributed by atoms with van der Waals surface area (Å²) in [6, 6.07) is 0.472. The average molecular weight is 207 g/mol. The highest BCUT2D eigenvalue weighted by molar-refractivity contribution is 5.95. The van der Waals surface area contributed by atoms with Crippen LogP contribution in [0.4, 0.5) is 0 Å². The Balaban J connectivity index is 2.25. The molecular weight excluding hydrogens is 190 g/mol. The molecule has 0 saturated carbocycles. The third-order valence-corrected chi connectivity index (χ3v) is 2.02. The molecule has 1 rings (SSSR count). The molecule has 0 radical (unpaired) electrons. The van der Waals surface area contributed by atoms with E-state index >= 15 is 0 Å². The van der Waals surface area contributed by atoms with Gasteiger partial charge in [-0.05, 0) is 13.0 Å². The Bertz CT molecular complexity index is 298. The standard InChI is InChI=1S/C11H17N3O/c1-9(2)14-5-3-4-11(15)10-6-12-8-13-7-10/h6-9,14H,3-5H2,1-2H3. The lowest BCUT2D eigenvalue weighted by Crippen LogP contribution is -2.24. The highest BCUT2D eigenvalue weighted by Gasteiger charge is 2.05. The van der Waals surface area contributed by atoms with Crippen LogP contribution >= 0.6 is 0 Å². The highest BCUT2D eigenvalue weighted by Crippen LogP contribution is 2.01. The maximum atomic E-state index is 11.6. The van der Waals surface area contributed by atoms with Crippen LogP contribution in [0.25, 0.3) is 0 Å². The van der Waals surface area contributed by atoms with Crippen molar-refractivity contribution in [1.29, 1.82) is 0 Å². The number of rotatable bonds is 6. The highest BCUT2D eigenvalue weighted by atomic mass is 16.1. The van der Waals surface area contributed by atoms with Crippen molar-refractivity contribution >= 4 is 5.78 Å². The zero-order valence-corrected chi connectivity index (χ0v) is 9.23. The Hall–Kier alpha value is -1.29. The van der Waals surface area contributed by atoms with Gasteiger partial charge in [0.2, 0.25) is 0 Å². The lowest BCUT2D eigenvalue weighted by Gasteiger charge is -2.06. The molecule has 4 nitrogen and oxygen atoms in total. The molecule has 0 aliphatic carbocycles. The van der Waals surface area contributed by atoms with E-state index in [4.69, 9.17) is 0 Å². The predicted octanol–water partition coefficient (Wildman–Crippen LogP) is 1.44. The first-order valence-electron chi connectivity index (χ1n) is 5.21. The van der Waals surface area contributed by atoms with Gasteiger partial charge in [-0.3, -0.25) is 4.79 Å². The summed E-state index contributed by atoms with van der Waals surface area (Å²) in [7, 11) is 0. The summed E-state index contributed by atoms with van der Waals surface area (Å²) in [5.41, 5.74) is 0.599. The van der Waals surface area contributed by atoms with Crippen LogP contribution in [0.5, 0.6) is 0 Å². The third kappa shape index (κ3) is 4.65. The first-order chi connectivity index (χ1) is 7.20. The Morgan fingerprint density at radius 1 is 1.40 bits per heavy atom. The molecule has 0 spiro atoms. The van der Waals surface area contributed by atoms with Crippen molar-refractivity contribution in [2.75, 3.05) is 6.54 Å². The summed E-state index contributed by atoms with van der Waals surface area (Å²) in [6.45, 7) is 5.05. The predicted molar refractivity (Wildman–Crippen MR) is 58.7 cm³/mol. The average Bonchev–Trinajstić information content (AvgIpc) is 2.25. The normalized spacial score (nSPS) is 10.6. The van der Waals surface area contributed by atoms with Crippen molar-refractivity contribution in [3.8, 4) is 0 Å². The monoisotopic (exact) mass is 207 g/mol. The van der Waals surface area contributed by atoms with Gasteiger partial charge in [-0.1, -0.05) is 13.8 Å². The van der Waals surface area contributed by atoms with Crippen LogP contribution in [0, 0.1) is 0 Å². The zero-order chi connectivity index (χ0) is 11.1. The van der Waals surface area contributed by atoms with Gasteiger partial charge in [0.25, 0.3) is 0 Å². The quantitative estimate of drug-likeness (QED) is 0.566. The molecule has 15 heavy (non-hydrogen) atoms. The molecule has 1 aromatic heterocycles. The Morgan fingerprint density at radius 3 is 2.67 bits per heavy atom. The number of nitrogens with zero attached hydrogens (tertiary/aromatic N) is 2. The minimum Gasteiger partial charge on any atom is -0.315 e. The SMILES string of the molecule is CC(C)NCCCC(=O)c1cncnc1. The summed E-state index contributed by atoms with van der Waals surface area (Å²) >= 11 is 0. The van der Waals surface area contributed by atoms with Gasteiger partial charge in [-0.15, -0.1) is 0 Å². The number of hydrogen-bond donors (Lipinski definition) is 1. The lowest BCUT2D eigenvalue weighted by molar-refractivity contribution is 0.0979. The van der Waals surface area contributed by atoms with E-state index in [1.54, 1.807) is 12.4 Å². The van der Waals surface area contributed by atoms with E-state index in [0.717, 1.165) is 13.0 Å². The summed E-state index contributed by atoms with van der Waals surface area (Å²) in [4.78, 5) is 19.2. The molecule has 82 valence electrons. The van der Waals surface area contributed by atoms with Crippen LogP contribution in [-0.4, -0.2) is 28.3 Å². The van der Waals surface area contributed by atoms with Gasteiger partial charge >= 0.3 is 0 Å². The fraction of sp³-hybridized carbons (Fsp3) is 0.545. The largest absolute Gasteiger partial charge is 0.315 e. The summed E-state index contributed by atoms with van der Waals surface area (Å²) in [5, 5.41) is 3.27. The smallest absolute Gasteiger partial charge is 0.166 e. The fourth-order valence-corrected chi connectivity index (χ4v) is 1.23. The number of carbonyl (C=O) groups excluding carboxylic acids is 1.